The number of benzene rings is 2. The van der Waals surface area contributed by atoms with Crippen molar-refractivity contribution in [2.24, 2.45) is 0 Å². The maximum absolute atomic E-state index is 2.34. The minimum Gasteiger partial charge on any atom is -0.181 e. The van der Waals surface area contributed by atoms with Crippen molar-refractivity contribution in [2.45, 2.75) is 26.3 Å². The van der Waals surface area contributed by atoms with Gasteiger partial charge in [-0.25, -0.2) is 0 Å². The average molecular weight is 279 g/mol. The van der Waals surface area contributed by atoms with Gasteiger partial charge in [0.05, 0.1) is 13.5 Å². The number of rotatable bonds is 2. The van der Waals surface area contributed by atoms with Crippen molar-refractivity contribution in [1.29, 1.82) is 0 Å². The molecule has 108 valence electrons. The molecule has 0 saturated carbocycles. The van der Waals surface area contributed by atoms with Crippen LogP contribution in [0.15, 0.2) is 48.5 Å². The Morgan fingerprint density at radius 3 is 2.33 bits per heavy atom. The van der Waals surface area contributed by atoms with Gasteiger partial charge in [-0.3, -0.25) is 0 Å². The Labute approximate surface area is 127 Å². The van der Waals surface area contributed by atoms with Crippen LogP contribution in [0.2, 0.25) is 0 Å². The van der Waals surface area contributed by atoms with E-state index in [4.69, 9.17) is 0 Å². The Hall–Kier alpha value is -2.09. The van der Waals surface area contributed by atoms with Crippen molar-refractivity contribution >= 4 is 5.71 Å². The SMILES string of the molecule is Cc1cccc(C2=[N+](C)N(C)C(c3cccc(C)c3)C2)c1. The van der Waals surface area contributed by atoms with Crippen molar-refractivity contribution in [1.82, 2.24) is 5.01 Å². The summed E-state index contributed by atoms with van der Waals surface area (Å²) < 4.78 is 2.29. The highest BCUT2D eigenvalue weighted by atomic mass is 15.6. The molecule has 0 radical (unpaired) electrons. The zero-order chi connectivity index (χ0) is 15.0. The Morgan fingerprint density at radius 1 is 1.00 bits per heavy atom. The van der Waals surface area contributed by atoms with Crippen LogP contribution in [0.4, 0.5) is 0 Å². The molecule has 2 aromatic rings. The third kappa shape index (κ3) is 2.58. The lowest BCUT2D eigenvalue weighted by atomic mass is 9.97. The quantitative estimate of drug-likeness (QED) is 0.759. The largest absolute Gasteiger partial charge is 0.215 e. The predicted octanol–water partition coefficient (Wildman–Crippen LogP) is 3.73. The smallest absolute Gasteiger partial charge is 0.181 e. The van der Waals surface area contributed by atoms with Crippen LogP contribution in [-0.2, 0) is 0 Å². The van der Waals surface area contributed by atoms with Gasteiger partial charge in [-0.2, -0.15) is 5.01 Å². The van der Waals surface area contributed by atoms with E-state index >= 15 is 0 Å². The molecular formula is C19H23N2+. The van der Waals surface area contributed by atoms with Gasteiger partial charge >= 0.3 is 0 Å². The summed E-state index contributed by atoms with van der Waals surface area (Å²) in [6, 6.07) is 18.1. The molecule has 0 bridgehead atoms. The van der Waals surface area contributed by atoms with Gasteiger partial charge in [0.2, 0.25) is 5.71 Å². The van der Waals surface area contributed by atoms with E-state index in [9.17, 15) is 0 Å². The lowest BCUT2D eigenvalue weighted by Crippen LogP contribution is -2.27. The highest BCUT2D eigenvalue weighted by molar-refractivity contribution is 5.98. The van der Waals surface area contributed by atoms with Crippen molar-refractivity contribution in [3.05, 3.63) is 70.8 Å². The Morgan fingerprint density at radius 2 is 1.67 bits per heavy atom. The van der Waals surface area contributed by atoms with Crippen molar-refractivity contribution in [3.63, 3.8) is 0 Å². The fraction of sp³-hybridized carbons (Fsp3) is 0.316. The summed E-state index contributed by atoms with van der Waals surface area (Å²) in [5, 5.41) is 2.34. The summed E-state index contributed by atoms with van der Waals surface area (Å²) in [4.78, 5) is 0. The highest BCUT2D eigenvalue weighted by Gasteiger charge is 2.36. The molecule has 21 heavy (non-hydrogen) atoms. The normalized spacial score (nSPS) is 18.5. The first-order valence-corrected chi connectivity index (χ1v) is 7.52. The molecule has 2 nitrogen and oxygen atoms in total. The van der Waals surface area contributed by atoms with E-state index in [0.717, 1.165) is 6.42 Å². The summed E-state index contributed by atoms with van der Waals surface area (Å²) >= 11 is 0. The molecular weight excluding hydrogens is 256 g/mol. The predicted molar refractivity (Wildman–Crippen MR) is 87.8 cm³/mol. The molecule has 0 spiro atoms. The van der Waals surface area contributed by atoms with Gasteiger partial charge < -0.3 is 0 Å². The van der Waals surface area contributed by atoms with Gasteiger partial charge in [0, 0.05) is 5.56 Å². The van der Waals surface area contributed by atoms with Crippen LogP contribution >= 0.6 is 0 Å². The van der Waals surface area contributed by atoms with E-state index in [1.54, 1.807) is 0 Å². The second-order valence-electron chi connectivity index (χ2n) is 6.05. The molecule has 1 aliphatic heterocycles. The maximum Gasteiger partial charge on any atom is 0.215 e. The van der Waals surface area contributed by atoms with Gasteiger partial charge in [0.15, 0.2) is 7.05 Å². The first kappa shape index (κ1) is 13.9. The van der Waals surface area contributed by atoms with E-state index in [1.165, 1.54) is 28.0 Å². The van der Waals surface area contributed by atoms with Crippen LogP contribution in [0.5, 0.6) is 0 Å². The van der Waals surface area contributed by atoms with Crippen molar-refractivity contribution < 1.29 is 4.68 Å². The number of hydrogen-bond donors (Lipinski definition) is 0. The summed E-state index contributed by atoms with van der Waals surface area (Å²) in [6.07, 6.45) is 1.06. The maximum atomic E-state index is 2.34. The summed E-state index contributed by atoms with van der Waals surface area (Å²) in [7, 11) is 4.34. The highest BCUT2D eigenvalue weighted by Crippen LogP contribution is 2.30. The topological polar surface area (TPSA) is 6.25 Å². The van der Waals surface area contributed by atoms with E-state index in [2.05, 4.69) is 86.2 Å². The van der Waals surface area contributed by atoms with Crippen molar-refractivity contribution in [3.8, 4) is 0 Å². The van der Waals surface area contributed by atoms with Gasteiger partial charge in [-0.15, -0.1) is 4.68 Å². The third-order valence-corrected chi connectivity index (χ3v) is 4.48. The molecule has 1 atom stereocenters. The zero-order valence-corrected chi connectivity index (χ0v) is 13.3. The third-order valence-electron chi connectivity index (χ3n) is 4.48. The van der Waals surface area contributed by atoms with Crippen LogP contribution in [0.25, 0.3) is 0 Å². The minimum absolute atomic E-state index is 0.422. The summed E-state index contributed by atoms with van der Waals surface area (Å²) in [5.41, 5.74) is 6.77. The molecule has 0 N–H and O–H groups in total. The number of hydrogen-bond acceptors (Lipinski definition) is 1. The van der Waals surface area contributed by atoms with Gasteiger partial charge in [0.1, 0.15) is 6.04 Å². The minimum atomic E-state index is 0.422. The molecule has 0 aromatic heterocycles. The molecule has 0 fully saturated rings. The summed E-state index contributed by atoms with van der Waals surface area (Å²) in [6.45, 7) is 4.31. The first-order chi connectivity index (χ1) is 10.1. The zero-order valence-electron chi connectivity index (χ0n) is 13.3. The molecule has 2 heteroatoms. The van der Waals surface area contributed by atoms with E-state index in [-0.39, 0.29) is 0 Å². The standard InChI is InChI=1S/C19H23N2/c1-14-7-5-9-16(11-14)18-13-19(21(4)20(18)3)17-10-6-8-15(2)12-17/h5-12,18H,13H2,1-4H3/q+1. The first-order valence-electron chi connectivity index (χ1n) is 7.52. The summed E-state index contributed by atoms with van der Waals surface area (Å²) in [5.74, 6) is 0. The Bertz CT molecular complexity index is 700. The molecule has 1 heterocycles. The van der Waals surface area contributed by atoms with Crippen molar-refractivity contribution in [2.75, 3.05) is 14.1 Å². The second kappa shape index (κ2) is 5.36. The van der Waals surface area contributed by atoms with Gasteiger partial charge in [0.25, 0.3) is 0 Å². The monoisotopic (exact) mass is 279 g/mol. The van der Waals surface area contributed by atoms with Gasteiger partial charge in [-0.1, -0.05) is 47.5 Å². The van der Waals surface area contributed by atoms with Crippen LogP contribution in [0.3, 0.4) is 0 Å². The van der Waals surface area contributed by atoms with E-state index < -0.39 is 0 Å². The number of hydrazine groups is 1. The molecule has 0 amide bonds. The molecule has 0 saturated heterocycles. The van der Waals surface area contributed by atoms with Crippen LogP contribution in [-0.4, -0.2) is 29.5 Å². The number of hydrazone groups is 1. The van der Waals surface area contributed by atoms with Gasteiger partial charge in [-0.05, 0) is 31.5 Å². The molecule has 3 rings (SSSR count). The average Bonchev–Trinajstić information content (AvgIpc) is 2.75. The van der Waals surface area contributed by atoms with Crippen LogP contribution in [0, 0.1) is 13.8 Å². The lowest BCUT2D eigenvalue weighted by Gasteiger charge is -2.17. The molecule has 1 unspecified atom stereocenters. The number of nitrogens with zero attached hydrogens (tertiary/aromatic N) is 2. The lowest BCUT2D eigenvalue weighted by molar-refractivity contribution is -0.660. The number of aryl methyl sites for hydroxylation is 2. The fourth-order valence-corrected chi connectivity index (χ4v) is 3.19. The molecule has 2 aromatic carbocycles. The fourth-order valence-electron chi connectivity index (χ4n) is 3.19. The van der Waals surface area contributed by atoms with Crippen LogP contribution < -0.4 is 0 Å². The Kier molecular flexibility index (Phi) is 3.54. The second-order valence-corrected chi connectivity index (χ2v) is 6.05. The molecule has 1 aliphatic rings. The molecule has 0 aliphatic carbocycles. The van der Waals surface area contributed by atoms with E-state index in [1.807, 2.05) is 0 Å². The van der Waals surface area contributed by atoms with E-state index in [0.29, 0.717) is 6.04 Å². The Balaban J connectivity index is 1.95. The van der Waals surface area contributed by atoms with Crippen LogP contribution in [0.1, 0.15) is 34.7 Å².